The minimum absolute atomic E-state index is 0.0816. The number of benzene rings is 1. The summed E-state index contributed by atoms with van der Waals surface area (Å²) in [6.07, 6.45) is 0.655. The lowest BCUT2D eigenvalue weighted by molar-refractivity contribution is 0.413. The number of hydrogen-bond donors (Lipinski definition) is 1. The lowest BCUT2D eigenvalue weighted by Crippen LogP contribution is -2.10. The van der Waals surface area contributed by atoms with Gasteiger partial charge in [0.15, 0.2) is 0 Å². The molecule has 0 aromatic heterocycles. The molecular formula is C12H14BrNO. The highest BCUT2D eigenvalue weighted by atomic mass is 79.9. The fourth-order valence-electron chi connectivity index (χ4n) is 1.25. The van der Waals surface area contributed by atoms with Gasteiger partial charge >= 0.3 is 0 Å². The van der Waals surface area contributed by atoms with E-state index in [4.69, 9.17) is 10.5 Å². The molecule has 2 nitrogen and oxygen atoms in total. The van der Waals surface area contributed by atoms with E-state index in [1.165, 1.54) is 0 Å². The first kappa shape index (κ1) is 12.1. The van der Waals surface area contributed by atoms with E-state index >= 15 is 0 Å². The number of hydrogen-bond acceptors (Lipinski definition) is 2. The van der Waals surface area contributed by atoms with Gasteiger partial charge in [-0.1, -0.05) is 15.9 Å². The number of rotatable bonds is 3. The van der Waals surface area contributed by atoms with Gasteiger partial charge < -0.3 is 10.5 Å². The molecule has 0 heterocycles. The summed E-state index contributed by atoms with van der Waals surface area (Å²) < 4.78 is 6.15. The highest BCUT2D eigenvalue weighted by Gasteiger charge is 2.09. The van der Waals surface area contributed by atoms with Crippen LogP contribution < -0.4 is 10.5 Å². The summed E-state index contributed by atoms with van der Waals surface area (Å²) in [7, 11) is 1.64. The van der Waals surface area contributed by atoms with Gasteiger partial charge in [-0.2, -0.15) is 0 Å². The molecule has 0 aliphatic heterocycles. The Hall–Kier alpha value is -0.980. The van der Waals surface area contributed by atoms with Crippen molar-refractivity contribution in [2.24, 2.45) is 5.73 Å². The quantitative estimate of drug-likeness (QED) is 0.855. The van der Waals surface area contributed by atoms with Crippen molar-refractivity contribution in [2.45, 2.75) is 19.4 Å². The summed E-state index contributed by atoms with van der Waals surface area (Å²) in [5.74, 6) is 6.63. The van der Waals surface area contributed by atoms with Crippen LogP contribution in [0.25, 0.3) is 0 Å². The van der Waals surface area contributed by atoms with Crippen LogP contribution in [0.15, 0.2) is 22.7 Å². The molecule has 0 saturated heterocycles. The number of ether oxygens (including phenoxy) is 1. The topological polar surface area (TPSA) is 35.2 Å². The van der Waals surface area contributed by atoms with E-state index in [0.717, 1.165) is 15.8 Å². The molecule has 1 aromatic carbocycles. The maximum atomic E-state index is 6.02. The predicted octanol–water partition coefficient (Wildman–Crippen LogP) is 2.87. The minimum atomic E-state index is -0.0816. The van der Waals surface area contributed by atoms with Crippen molar-refractivity contribution >= 4 is 15.9 Å². The van der Waals surface area contributed by atoms with E-state index in [1.54, 1.807) is 7.11 Å². The number of nitrogens with two attached hydrogens (primary N) is 1. The lowest BCUT2D eigenvalue weighted by atomic mass is 10.0. The molecule has 0 bridgehead atoms. The molecule has 1 unspecified atom stereocenters. The molecular weight excluding hydrogens is 254 g/mol. The maximum absolute atomic E-state index is 6.02. The second-order valence-electron chi connectivity index (χ2n) is 3.12. The first-order valence-electron chi connectivity index (χ1n) is 4.67. The Kier molecular flexibility index (Phi) is 4.67. The van der Waals surface area contributed by atoms with Gasteiger partial charge in [0.25, 0.3) is 0 Å². The predicted molar refractivity (Wildman–Crippen MR) is 65.7 cm³/mol. The van der Waals surface area contributed by atoms with Gasteiger partial charge in [0.2, 0.25) is 0 Å². The summed E-state index contributed by atoms with van der Waals surface area (Å²) in [6.45, 7) is 1.81. The Bertz CT molecular complexity index is 392. The third-order valence-corrected chi connectivity index (χ3v) is 2.82. The van der Waals surface area contributed by atoms with E-state index in [1.807, 2.05) is 25.1 Å². The van der Waals surface area contributed by atoms with Crippen LogP contribution in [0.1, 0.15) is 24.9 Å². The van der Waals surface area contributed by atoms with Gasteiger partial charge in [-0.25, -0.2) is 0 Å². The molecule has 1 rings (SSSR count). The van der Waals surface area contributed by atoms with Crippen LogP contribution in [0, 0.1) is 11.8 Å². The molecule has 0 radical (unpaired) electrons. The van der Waals surface area contributed by atoms with E-state index in [-0.39, 0.29) is 6.04 Å². The van der Waals surface area contributed by atoms with Gasteiger partial charge in [0.05, 0.1) is 7.11 Å². The molecule has 1 aromatic rings. The Morgan fingerprint density at radius 1 is 1.53 bits per heavy atom. The zero-order valence-corrected chi connectivity index (χ0v) is 10.5. The standard InChI is InChI=1S/C12H14BrNO/c1-3-4-5-12(14)10-8-9(15-2)6-7-11(10)13/h6-8,12H,5,14H2,1-2H3. The second-order valence-corrected chi connectivity index (χ2v) is 3.98. The molecule has 0 aliphatic rings. The average molecular weight is 268 g/mol. The second kappa shape index (κ2) is 5.79. The van der Waals surface area contributed by atoms with Crippen molar-refractivity contribution in [1.29, 1.82) is 0 Å². The number of halogens is 1. The van der Waals surface area contributed by atoms with Crippen LogP contribution in [0.3, 0.4) is 0 Å². The molecule has 0 aliphatic carbocycles. The summed E-state index contributed by atoms with van der Waals surface area (Å²) in [5, 5.41) is 0. The fraction of sp³-hybridized carbons (Fsp3) is 0.333. The van der Waals surface area contributed by atoms with Crippen molar-refractivity contribution < 1.29 is 4.74 Å². The molecule has 1 atom stereocenters. The summed E-state index contributed by atoms with van der Waals surface area (Å²) >= 11 is 3.47. The first-order chi connectivity index (χ1) is 7.19. The van der Waals surface area contributed by atoms with Crippen molar-refractivity contribution in [2.75, 3.05) is 7.11 Å². The fourth-order valence-corrected chi connectivity index (χ4v) is 1.80. The Labute approximate surface area is 98.9 Å². The summed E-state index contributed by atoms with van der Waals surface area (Å²) in [4.78, 5) is 0. The average Bonchev–Trinajstić information content (AvgIpc) is 2.26. The van der Waals surface area contributed by atoms with E-state index in [0.29, 0.717) is 6.42 Å². The van der Waals surface area contributed by atoms with Crippen LogP contribution in [0.4, 0.5) is 0 Å². The normalized spacial score (nSPS) is 11.5. The number of methoxy groups -OCH3 is 1. The molecule has 15 heavy (non-hydrogen) atoms. The lowest BCUT2D eigenvalue weighted by Gasteiger charge is -2.12. The molecule has 2 N–H and O–H groups in total. The largest absolute Gasteiger partial charge is 0.497 e. The molecule has 0 saturated carbocycles. The summed E-state index contributed by atoms with van der Waals surface area (Å²) in [6, 6.07) is 5.69. The van der Waals surface area contributed by atoms with Gasteiger partial charge in [0, 0.05) is 16.9 Å². The molecule has 3 heteroatoms. The SMILES string of the molecule is CC#CCC(N)c1cc(OC)ccc1Br. The molecule has 0 fully saturated rings. The smallest absolute Gasteiger partial charge is 0.119 e. The van der Waals surface area contributed by atoms with Crippen LogP contribution in [-0.2, 0) is 0 Å². The third kappa shape index (κ3) is 3.26. The van der Waals surface area contributed by atoms with Crippen molar-refractivity contribution in [3.63, 3.8) is 0 Å². The van der Waals surface area contributed by atoms with Crippen molar-refractivity contribution in [3.05, 3.63) is 28.2 Å². The van der Waals surface area contributed by atoms with Crippen LogP contribution >= 0.6 is 15.9 Å². The Morgan fingerprint density at radius 2 is 2.27 bits per heavy atom. The van der Waals surface area contributed by atoms with Gasteiger partial charge in [-0.3, -0.25) is 0 Å². The monoisotopic (exact) mass is 267 g/mol. The molecule has 80 valence electrons. The highest BCUT2D eigenvalue weighted by Crippen LogP contribution is 2.27. The zero-order chi connectivity index (χ0) is 11.3. The van der Waals surface area contributed by atoms with Crippen molar-refractivity contribution in [3.8, 4) is 17.6 Å². The van der Waals surface area contributed by atoms with Crippen LogP contribution in [0.5, 0.6) is 5.75 Å². The Morgan fingerprint density at radius 3 is 2.87 bits per heavy atom. The zero-order valence-electron chi connectivity index (χ0n) is 8.88. The summed E-state index contributed by atoms with van der Waals surface area (Å²) in [5.41, 5.74) is 7.04. The molecule has 0 amide bonds. The maximum Gasteiger partial charge on any atom is 0.119 e. The van der Waals surface area contributed by atoms with Gasteiger partial charge in [-0.15, -0.1) is 11.8 Å². The van der Waals surface area contributed by atoms with Crippen LogP contribution in [-0.4, -0.2) is 7.11 Å². The Balaban J connectivity index is 2.94. The minimum Gasteiger partial charge on any atom is -0.497 e. The van der Waals surface area contributed by atoms with E-state index in [9.17, 15) is 0 Å². The molecule has 0 spiro atoms. The van der Waals surface area contributed by atoms with E-state index < -0.39 is 0 Å². The first-order valence-corrected chi connectivity index (χ1v) is 5.47. The third-order valence-electron chi connectivity index (χ3n) is 2.10. The van der Waals surface area contributed by atoms with E-state index in [2.05, 4.69) is 27.8 Å². The van der Waals surface area contributed by atoms with Crippen molar-refractivity contribution in [1.82, 2.24) is 0 Å². The van der Waals surface area contributed by atoms with Gasteiger partial charge in [0.1, 0.15) is 5.75 Å². The van der Waals surface area contributed by atoms with Crippen LogP contribution in [0.2, 0.25) is 0 Å². The highest BCUT2D eigenvalue weighted by molar-refractivity contribution is 9.10. The van der Waals surface area contributed by atoms with Gasteiger partial charge in [-0.05, 0) is 30.7 Å².